The fourth-order valence-corrected chi connectivity index (χ4v) is 1.64. The van der Waals surface area contributed by atoms with Gasteiger partial charge in [0.2, 0.25) is 5.91 Å². The Kier molecular flexibility index (Phi) is 2.97. The van der Waals surface area contributed by atoms with Gasteiger partial charge in [-0.15, -0.1) is 0 Å². The van der Waals surface area contributed by atoms with Gasteiger partial charge in [-0.1, -0.05) is 0 Å². The summed E-state index contributed by atoms with van der Waals surface area (Å²) < 4.78 is 5.97. The van der Waals surface area contributed by atoms with Crippen LogP contribution in [0.2, 0.25) is 0 Å². The van der Waals surface area contributed by atoms with Crippen molar-refractivity contribution in [2.24, 2.45) is 5.73 Å². The molecular weight excluding hydrogens is 222 g/mol. The number of anilines is 1. The molecule has 6 heteroatoms. The Labute approximate surface area is 96.8 Å². The molecule has 2 rings (SSSR count). The SMILES string of the molecule is NCCCC(=O)n1c(=O)oc2cc(N)ccc21. The van der Waals surface area contributed by atoms with E-state index in [0.717, 1.165) is 4.57 Å². The minimum atomic E-state index is -0.687. The molecule has 0 spiro atoms. The Morgan fingerprint density at radius 1 is 1.41 bits per heavy atom. The average molecular weight is 235 g/mol. The van der Waals surface area contributed by atoms with Crippen LogP contribution in [0.25, 0.3) is 11.1 Å². The predicted octanol–water partition coefficient (Wildman–Crippen LogP) is 0.556. The number of carbonyl (C=O) groups excluding carboxylic acids is 1. The lowest BCUT2D eigenvalue weighted by atomic mass is 10.2. The van der Waals surface area contributed by atoms with E-state index in [9.17, 15) is 9.59 Å². The van der Waals surface area contributed by atoms with Crippen LogP contribution in [0.15, 0.2) is 27.4 Å². The van der Waals surface area contributed by atoms with Crippen molar-refractivity contribution in [2.45, 2.75) is 12.8 Å². The van der Waals surface area contributed by atoms with Crippen LogP contribution >= 0.6 is 0 Å². The Balaban J connectivity index is 2.50. The lowest BCUT2D eigenvalue weighted by Gasteiger charge is -1.99. The summed E-state index contributed by atoms with van der Waals surface area (Å²) in [6.45, 7) is 0.406. The van der Waals surface area contributed by atoms with E-state index in [1.165, 1.54) is 6.07 Å². The molecule has 0 saturated carbocycles. The quantitative estimate of drug-likeness (QED) is 0.756. The second kappa shape index (κ2) is 4.42. The van der Waals surface area contributed by atoms with Gasteiger partial charge in [-0.05, 0) is 25.1 Å². The summed E-state index contributed by atoms with van der Waals surface area (Å²) in [4.78, 5) is 23.4. The minimum absolute atomic E-state index is 0.218. The Morgan fingerprint density at radius 2 is 2.18 bits per heavy atom. The molecule has 0 radical (unpaired) electrons. The smallest absolute Gasteiger partial charge is 0.407 e. The number of hydrogen-bond acceptors (Lipinski definition) is 5. The van der Waals surface area contributed by atoms with E-state index < -0.39 is 5.76 Å². The van der Waals surface area contributed by atoms with Gasteiger partial charge < -0.3 is 15.9 Å². The number of aromatic nitrogens is 1. The van der Waals surface area contributed by atoms with Crippen molar-refractivity contribution in [3.05, 3.63) is 28.7 Å². The van der Waals surface area contributed by atoms with Crippen LogP contribution in [-0.4, -0.2) is 17.0 Å². The summed E-state index contributed by atoms with van der Waals surface area (Å²) in [6.07, 6.45) is 0.752. The molecule has 0 unspecified atom stereocenters. The first-order valence-corrected chi connectivity index (χ1v) is 5.28. The zero-order valence-electron chi connectivity index (χ0n) is 9.18. The first kappa shape index (κ1) is 11.4. The number of benzene rings is 1. The number of nitrogens with two attached hydrogens (primary N) is 2. The second-order valence-electron chi connectivity index (χ2n) is 3.72. The number of nitrogens with zero attached hydrogens (tertiary/aromatic N) is 1. The fourth-order valence-electron chi connectivity index (χ4n) is 1.64. The largest absolute Gasteiger partial charge is 0.426 e. The molecule has 0 aliphatic rings. The van der Waals surface area contributed by atoms with Gasteiger partial charge in [-0.3, -0.25) is 4.79 Å². The van der Waals surface area contributed by atoms with Gasteiger partial charge in [-0.2, -0.15) is 0 Å². The van der Waals surface area contributed by atoms with Crippen LogP contribution in [-0.2, 0) is 0 Å². The second-order valence-corrected chi connectivity index (χ2v) is 3.72. The van der Waals surface area contributed by atoms with Crippen molar-refractivity contribution in [1.29, 1.82) is 0 Å². The zero-order valence-corrected chi connectivity index (χ0v) is 9.18. The molecule has 0 bridgehead atoms. The van der Waals surface area contributed by atoms with Crippen molar-refractivity contribution in [3.63, 3.8) is 0 Å². The van der Waals surface area contributed by atoms with Gasteiger partial charge in [0.15, 0.2) is 5.58 Å². The van der Waals surface area contributed by atoms with Crippen LogP contribution in [0, 0.1) is 0 Å². The number of hydrogen-bond donors (Lipinski definition) is 2. The van der Waals surface area contributed by atoms with Crippen molar-refractivity contribution >= 4 is 22.7 Å². The number of nitrogen functional groups attached to an aromatic ring is 1. The van der Waals surface area contributed by atoms with Crippen molar-refractivity contribution in [2.75, 3.05) is 12.3 Å². The van der Waals surface area contributed by atoms with E-state index in [4.69, 9.17) is 15.9 Å². The monoisotopic (exact) mass is 235 g/mol. The molecular formula is C11H13N3O3. The lowest BCUT2D eigenvalue weighted by Crippen LogP contribution is -2.22. The summed E-state index contributed by atoms with van der Waals surface area (Å²) >= 11 is 0. The van der Waals surface area contributed by atoms with Gasteiger partial charge in [0.1, 0.15) is 0 Å². The summed E-state index contributed by atoms with van der Waals surface area (Å²) in [6, 6.07) is 4.73. The maximum atomic E-state index is 11.8. The van der Waals surface area contributed by atoms with Gasteiger partial charge >= 0.3 is 5.76 Å². The van der Waals surface area contributed by atoms with Crippen LogP contribution in [0.5, 0.6) is 0 Å². The van der Waals surface area contributed by atoms with E-state index in [1.54, 1.807) is 12.1 Å². The minimum Gasteiger partial charge on any atom is -0.407 e. The molecule has 4 N–H and O–H groups in total. The summed E-state index contributed by atoms with van der Waals surface area (Å²) in [5, 5.41) is 0. The van der Waals surface area contributed by atoms with Gasteiger partial charge in [0.05, 0.1) is 5.52 Å². The Hall–Kier alpha value is -2.08. The van der Waals surface area contributed by atoms with Gasteiger partial charge in [0, 0.05) is 18.2 Å². The summed E-state index contributed by atoms with van der Waals surface area (Å²) in [5.41, 5.74) is 12.1. The van der Waals surface area contributed by atoms with Crippen LogP contribution in [0.4, 0.5) is 5.69 Å². The highest BCUT2D eigenvalue weighted by molar-refractivity contribution is 5.90. The highest BCUT2D eigenvalue weighted by Gasteiger charge is 2.15. The normalized spacial score (nSPS) is 10.9. The molecule has 0 fully saturated rings. The molecule has 1 aromatic heterocycles. The number of oxazole rings is 1. The van der Waals surface area contributed by atoms with Gasteiger partial charge in [-0.25, -0.2) is 9.36 Å². The van der Waals surface area contributed by atoms with E-state index in [-0.39, 0.29) is 12.3 Å². The Morgan fingerprint density at radius 3 is 2.88 bits per heavy atom. The first-order valence-electron chi connectivity index (χ1n) is 5.28. The first-order chi connectivity index (χ1) is 8.13. The third-order valence-electron chi connectivity index (χ3n) is 2.45. The molecule has 6 nitrogen and oxygen atoms in total. The van der Waals surface area contributed by atoms with Crippen LogP contribution < -0.4 is 17.2 Å². The maximum absolute atomic E-state index is 11.8. The number of rotatable bonds is 3. The lowest BCUT2D eigenvalue weighted by molar-refractivity contribution is 0.0897. The molecule has 0 aliphatic heterocycles. The molecule has 0 aliphatic carbocycles. The van der Waals surface area contributed by atoms with Crippen molar-refractivity contribution < 1.29 is 9.21 Å². The molecule has 90 valence electrons. The summed E-state index contributed by atoms with van der Waals surface area (Å²) in [5.74, 6) is -1.00. The fraction of sp³-hybridized carbons (Fsp3) is 0.273. The summed E-state index contributed by atoms with van der Waals surface area (Å²) in [7, 11) is 0. The van der Waals surface area contributed by atoms with E-state index in [2.05, 4.69) is 0 Å². The van der Waals surface area contributed by atoms with E-state index in [0.29, 0.717) is 29.8 Å². The molecule has 1 aromatic carbocycles. The van der Waals surface area contributed by atoms with Crippen LogP contribution in [0.1, 0.15) is 17.6 Å². The third kappa shape index (κ3) is 2.07. The molecule has 17 heavy (non-hydrogen) atoms. The average Bonchev–Trinajstić information content (AvgIpc) is 2.61. The molecule has 1 heterocycles. The highest BCUT2D eigenvalue weighted by atomic mass is 16.4. The van der Waals surface area contributed by atoms with E-state index >= 15 is 0 Å². The third-order valence-corrected chi connectivity index (χ3v) is 2.45. The Bertz CT molecular complexity index is 612. The van der Waals surface area contributed by atoms with Crippen LogP contribution in [0.3, 0.4) is 0 Å². The number of carbonyl (C=O) groups is 1. The molecule has 0 atom stereocenters. The highest BCUT2D eigenvalue weighted by Crippen LogP contribution is 2.16. The van der Waals surface area contributed by atoms with E-state index in [1.807, 2.05) is 0 Å². The van der Waals surface area contributed by atoms with Crippen molar-refractivity contribution in [3.8, 4) is 0 Å². The molecule has 0 amide bonds. The zero-order chi connectivity index (χ0) is 12.4. The van der Waals surface area contributed by atoms with Gasteiger partial charge in [0.25, 0.3) is 0 Å². The topological polar surface area (TPSA) is 104 Å². The maximum Gasteiger partial charge on any atom is 0.426 e. The van der Waals surface area contributed by atoms with Crippen molar-refractivity contribution in [1.82, 2.24) is 4.57 Å². The number of fused-ring (bicyclic) bond motifs is 1. The standard InChI is InChI=1S/C11H13N3O3/c12-5-1-2-10(15)14-8-4-3-7(13)6-9(8)17-11(14)16/h3-4,6H,1-2,5,12-13H2. The predicted molar refractivity (Wildman–Crippen MR) is 63.8 cm³/mol. The molecule has 2 aromatic rings. The molecule has 0 saturated heterocycles.